The maximum Gasteiger partial charge on any atom is 0.341 e. The summed E-state index contributed by atoms with van der Waals surface area (Å²) in [5.41, 5.74) is 1.90. The number of carboxylic acid groups (broad SMARTS) is 2. The Kier molecular flexibility index (Phi) is 8.63. The molecule has 6 aromatic carbocycles. The normalized spacial score (nSPS) is 11.0. The molecule has 238 valence electrons. The average molecular weight is 647 g/mol. The van der Waals surface area contributed by atoms with Crippen molar-refractivity contribution < 1.29 is 47.6 Å². The number of carbonyl (C=O) groups excluding carboxylic acids is 2. The molecule has 0 aliphatic rings. The molecule has 0 heterocycles. The topological polar surface area (TPSA) is 127 Å². The van der Waals surface area contributed by atoms with Crippen LogP contribution in [-0.2, 0) is 9.59 Å². The van der Waals surface area contributed by atoms with Gasteiger partial charge >= 0.3 is 11.9 Å². The molecular formula is C38H24F2O8. The fraction of sp³-hybridized carbons (Fsp3) is 0.0526. The predicted molar refractivity (Wildman–Crippen MR) is 173 cm³/mol. The molecule has 0 saturated heterocycles. The third-order valence-corrected chi connectivity index (χ3v) is 7.65. The van der Waals surface area contributed by atoms with E-state index >= 15 is 0 Å². The Morgan fingerprint density at radius 1 is 0.479 bits per heavy atom. The zero-order valence-electron chi connectivity index (χ0n) is 24.9. The summed E-state index contributed by atoms with van der Waals surface area (Å²) in [6.07, 6.45) is 0. The maximum atomic E-state index is 13.5. The van der Waals surface area contributed by atoms with Crippen LogP contribution < -0.4 is 9.47 Å². The molecule has 0 atom stereocenters. The zero-order valence-corrected chi connectivity index (χ0v) is 24.9. The first-order valence-electron chi connectivity index (χ1n) is 14.5. The van der Waals surface area contributed by atoms with Crippen LogP contribution in [0.1, 0.15) is 31.8 Å². The molecule has 48 heavy (non-hydrogen) atoms. The van der Waals surface area contributed by atoms with Gasteiger partial charge in [0.1, 0.15) is 23.1 Å². The summed E-state index contributed by atoms with van der Waals surface area (Å²) in [6, 6.07) is 26.4. The van der Waals surface area contributed by atoms with Crippen LogP contribution in [0.4, 0.5) is 8.78 Å². The minimum absolute atomic E-state index is 0.140. The van der Waals surface area contributed by atoms with E-state index in [1.807, 2.05) is 0 Å². The van der Waals surface area contributed by atoms with Gasteiger partial charge in [0, 0.05) is 33.4 Å². The van der Waals surface area contributed by atoms with E-state index in [0.717, 1.165) is 0 Å². The second kappa shape index (κ2) is 13.1. The number of rotatable bonds is 11. The Balaban J connectivity index is 1.56. The molecule has 0 saturated carbocycles. The lowest BCUT2D eigenvalue weighted by molar-refractivity contribution is -0.140. The number of ether oxygens (including phenoxy) is 2. The van der Waals surface area contributed by atoms with Crippen LogP contribution in [0.15, 0.2) is 109 Å². The van der Waals surface area contributed by atoms with Gasteiger partial charge in [-0.3, -0.25) is 9.59 Å². The van der Waals surface area contributed by atoms with E-state index in [1.165, 1.54) is 48.5 Å². The van der Waals surface area contributed by atoms with Crippen molar-refractivity contribution in [2.75, 3.05) is 13.2 Å². The lowest BCUT2D eigenvalue weighted by atomic mass is 9.89. The van der Waals surface area contributed by atoms with Gasteiger partial charge in [0.05, 0.1) is 0 Å². The highest BCUT2D eigenvalue weighted by molar-refractivity contribution is 6.15. The van der Waals surface area contributed by atoms with E-state index in [4.69, 9.17) is 9.47 Å². The molecule has 0 spiro atoms. The van der Waals surface area contributed by atoms with Crippen molar-refractivity contribution in [3.8, 4) is 22.6 Å². The van der Waals surface area contributed by atoms with Crippen LogP contribution in [0, 0.1) is 11.6 Å². The van der Waals surface area contributed by atoms with Crippen molar-refractivity contribution >= 4 is 45.0 Å². The summed E-state index contributed by atoms with van der Waals surface area (Å²) in [7, 11) is 0. The summed E-state index contributed by atoms with van der Waals surface area (Å²) >= 11 is 0. The van der Waals surface area contributed by atoms with Crippen molar-refractivity contribution in [3.05, 3.63) is 143 Å². The molecule has 0 radical (unpaired) electrons. The Morgan fingerprint density at radius 2 is 0.833 bits per heavy atom. The molecule has 0 aromatic heterocycles. The fourth-order valence-electron chi connectivity index (χ4n) is 5.47. The average Bonchev–Trinajstić information content (AvgIpc) is 3.09. The van der Waals surface area contributed by atoms with Gasteiger partial charge in [-0.2, -0.15) is 0 Å². The quantitative estimate of drug-likeness (QED) is 0.140. The molecule has 6 aromatic rings. The van der Waals surface area contributed by atoms with Gasteiger partial charge in [0.2, 0.25) is 0 Å². The summed E-state index contributed by atoms with van der Waals surface area (Å²) in [4.78, 5) is 49.5. The molecule has 6 rings (SSSR count). The van der Waals surface area contributed by atoms with Crippen molar-refractivity contribution in [1.29, 1.82) is 0 Å². The van der Waals surface area contributed by atoms with Crippen molar-refractivity contribution in [2.45, 2.75) is 0 Å². The van der Waals surface area contributed by atoms with Gasteiger partial charge in [-0.25, -0.2) is 18.4 Å². The van der Waals surface area contributed by atoms with E-state index in [1.54, 1.807) is 60.7 Å². The molecular weight excluding hydrogens is 622 g/mol. The van der Waals surface area contributed by atoms with E-state index in [2.05, 4.69) is 0 Å². The first-order valence-corrected chi connectivity index (χ1v) is 14.5. The highest BCUT2D eigenvalue weighted by atomic mass is 19.1. The number of halogens is 2. The highest BCUT2D eigenvalue weighted by Crippen LogP contribution is 2.46. The van der Waals surface area contributed by atoms with Crippen LogP contribution in [0.5, 0.6) is 11.5 Å². The third kappa shape index (κ3) is 6.45. The van der Waals surface area contributed by atoms with Gasteiger partial charge in [-0.15, -0.1) is 0 Å². The van der Waals surface area contributed by atoms with Crippen molar-refractivity contribution in [2.24, 2.45) is 0 Å². The Morgan fingerprint density at radius 3 is 1.19 bits per heavy atom. The van der Waals surface area contributed by atoms with Gasteiger partial charge in [0.15, 0.2) is 24.8 Å². The summed E-state index contributed by atoms with van der Waals surface area (Å²) < 4.78 is 38.4. The molecule has 0 fully saturated rings. The Hall–Kier alpha value is -6.42. The summed E-state index contributed by atoms with van der Waals surface area (Å²) in [5, 5.41) is 21.0. The van der Waals surface area contributed by atoms with Gasteiger partial charge in [-0.05, 0) is 94.3 Å². The molecule has 8 nitrogen and oxygen atoms in total. The number of hydrogen-bond donors (Lipinski definition) is 2. The van der Waals surface area contributed by atoms with Crippen molar-refractivity contribution in [3.63, 3.8) is 0 Å². The second-order valence-corrected chi connectivity index (χ2v) is 10.8. The van der Waals surface area contributed by atoms with Gasteiger partial charge in [0.25, 0.3) is 0 Å². The number of carbonyl (C=O) groups is 4. The predicted octanol–water partition coefficient (Wildman–Crippen LogP) is 7.33. The van der Waals surface area contributed by atoms with Crippen LogP contribution in [-0.4, -0.2) is 46.9 Å². The van der Waals surface area contributed by atoms with Crippen LogP contribution in [0.25, 0.3) is 32.7 Å². The SMILES string of the molecule is O=C(O)COc1ccc2cc(C(=O)c3ccc(F)cc3)ccc2c1-c1c(OCC(=O)O)ccc2cc(C(=O)c3ccc(F)cc3)ccc12. The van der Waals surface area contributed by atoms with Gasteiger partial charge < -0.3 is 19.7 Å². The standard InChI is InChI=1S/C38H24F2O8/c39-27-9-1-21(2-10-27)37(45)25-5-13-29-23(17-25)7-15-31(47-19-33(41)42)35(29)36-30-14-6-26(38(46)22-3-11-28(40)12-4-22)18-24(30)8-16-32(36)48-20-34(43)44/h1-18H,19-20H2,(H,41,42)(H,43,44). The lowest BCUT2D eigenvalue weighted by Gasteiger charge is -2.19. The lowest BCUT2D eigenvalue weighted by Crippen LogP contribution is -2.11. The van der Waals surface area contributed by atoms with Gasteiger partial charge in [-0.1, -0.05) is 36.4 Å². The molecule has 0 aliphatic carbocycles. The largest absolute Gasteiger partial charge is 0.481 e. The molecule has 2 N–H and O–H groups in total. The Labute approximate surface area is 271 Å². The third-order valence-electron chi connectivity index (χ3n) is 7.65. The highest BCUT2D eigenvalue weighted by Gasteiger charge is 2.22. The molecule has 0 unspecified atom stereocenters. The molecule has 0 bridgehead atoms. The first-order chi connectivity index (χ1) is 23.1. The van der Waals surface area contributed by atoms with Crippen LogP contribution >= 0.6 is 0 Å². The molecule has 0 amide bonds. The van der Waals surface area contributed by atoms with E-state index in [0.29, 0.717) is 43.8 Å². The minimum Gasteiger partial charge on any atom is -0.481 e. The first kappa shape index (κ1) is 31.6. The van der Waals surface area contributed by atoms with E-state index in [-0.39, 0.29) is 34.2 Å². The van der Waals surface area contributed by atoms with E-state index < -0.39 is 36.8 Å². The monoisotopic (exact) mass is 646 g/mol. The fourth-order valence-corrected chi connectivity index (χ4v) is 5.47. The van der Waals surface area contributed by atoms with Crippen LogP contribution in [0.3, 0.4) is 0 Å². The smallest absolute Gasteiger partial charge is 0.341 e. The van der Waals surface area contributed by atoms with Crippen molar-refractivity contribution in [1.82, 2.24) is 0 Å². The Bertz CT molecular complexity index is 2080. The number of ketones is 2. The zero-order chi connectivity index (χ0) is 33.9. The summed E-state index contributed by atoms with van der Waals surface area (Å²) in [6.45, 7) is -1.38. The molecule has 10 heteroatoms. The number of aliphatic carboxylic acids is 2. The maximum absolute atomic E-state index is 13.5. The second-order valence-electron chi connectivity index (χ2n) is 10.8. The molecule has 0 aliphatic heterocycles. The number of benzene rings is 6. The number of fused-ring (bicyclic) bond motifs is 2. The number of carboxylic acids is 2. The van der Waals surface area contributed by atoms with E-state index in [9.17, 15) is 38.2 Å². The summed E-state index contributed by atoms with van der Waals surface area (Å²) in [5.74, 6) is -3.84. The minimum atomic E-state index is -1.23. The number of hydrogen-bond acceptors (Lipinski definition) is 6. The van der Waals surface area contributed by atoms with Crippen LogP contribution in [0.2, 0.25) is 0 Å².